The first kappa shape index (κ1) is 23.3. The predicted molar refractivity (Wildman–Crippen MR) is 136 cm³/mol. The lowest BCUT2D eigenvalue weighted by Gasteiger charge is -2.18. The summed E-state index contributed by atoms with van der Waals surface area (Å²) in [6.07, 6.45) is 2.41. The van der Waals surface area contributed by atoms with Crippen molar-refractivity contribution in [2.24, 2.45) is 0 Å². The molecule has 33 heavy (non-hydrogen) atoms. The Morgan fingerprint density at radius 2 is 1.82 bits per heavy atom. The Kier molecular flexibility index (Phi) is 7.96. The summed E-state index contributed by atoms with van der Waals surface area (Å²) >= 11 is 1.61. The van der Waals surface area contributed by atoms with E-state index in [0.29, 0.717) is 17.9 Å². The van der Waals surface area contributed by atoms with E-state index in [1.807, 2.05) is 61.5 Å². The summed E-state index contributed by atoms with van der Waals surface area (Å²) in [6.45, 7) is 3.53. The molecule has 0 radical (unpaired) electrons. The van der Waals surface area contributed by atoms with E-state index in [9.17, 15) is 4.79 Å². The lowest BCUT2D eigenvalue weighted by molar-refractivity contribution is 0.0951. The Balaban J connectivity index is 1.48. The average molecular weight is 462 g/mol. The molecule has 1 saturated heterocycles. The van der Waals surface area contributed by atoms with Gasteiger partial charge in [-0.1, -0.05) is 54.2 Å². The predicted octanol–water partition coefficient (Wildman–Crippen LogP) is 4.33. The van der Waals surface area contributed by atoms with Crippen LogP contribution in [0.25, 0.3) is 11.3 Å². The monoisotopic (exact) mass is 461 g/mol. The van der Waals surface area contributed by atoms with Gasteiger partial charge >= 0.3 is 0 Å². The molecule has 172 valence electrons. The summed E-state index contributed by atoms with van der Waals surface area (Å²) in [5, 5.41) is 3.74. The van der Waals surface area contributed by atoms with Crippen LogP contribution < -0.4 is 10.2 Å². The van der Waals surface area contributed by atoms with Gasteiger partial charge < -0.3 is 15.1 Å². The van der Waals surface area contributed by atoms with E-state index in [0.717, 1.165) is 47.4 Å². The third-order valence-electron chi connectivity index (χ3n) is 5.59. The number of anilines is 1. The first-order valence-electron chi connectivity index (χ1n) is 11.4. The highest BCUT2D eigenvalue weighted by Crippen LogP contribution is 2.29. The fraction of sp³-hybridized carbons (Fsp3) is 0.346. The largest absolute Gasteiger partial charge is 0.356 e. The molecule has 0 saturated carbocycles. The van der Waals surface area contributed by atoms with E-state index >= 15 is 0 Å². The first-order chi connectivity index (χ1) is 16.1. The molecule has 1 N–H and O–H groups in total. The van der Waals surface area contributed by atoms with Gasteiger partial charge in [-0.25, -0.2) is 9.97 Å². The highest BCUT2D eigenvalue weighted by Gasteiger charge is 2.17. The number of nitrogens with one attached hydrogen (secondary N) is 1. The standard InChI is InChI=1S/C26H31N5OS/c1-30(2)16-13-27-25(32)22-12-8-9-20(17-22)19-33-26-28-23(21-10-4-3-5-11-21)18-24(29-26)31-14-6-7-15-31/h3-5,8-12,17-18H,6-7,13-16,19H2,1-2H3,(H,27,32). The van der Waals surface area contributed by atoms with Crippen molar-refractivity contribution in [3.8, 4) is 11.3 Å². The van der Waals surface area contributed by atoms with Gasteiger partial charge in [0.05, 0.1) is 5.69 Å². The number of likely N-dealkylation sites (N-methyl/N-ethyl adjacent to an activating group) is 1. The van der Waals surface area contributed by atoms with E-state index in [2.05, 4.69) is 28.4 Å². The van der Waals surface area contributed by atoms with Crippen LogP contribution in [0.1, 0.15) is 28.8 Å². The normalized spacial score (nSPS) is 13.5. The van der Waals surface area contributed by atoms with Gasteiger partial charge in [0, 0.05) is 49.1 Å². The van der Waals surface area contributed by atoms with Crippen molar-refractivity contribution in [2.75, 3.05) is 45.2 Å². The molecule has 0 atom stereocenters. The van der Waals surface area contributed by atoms with Gasteiger partial charge in [-0.3, -0.25) is 4.79 Å². The van der Waals surface area contributed by atoms with E-state index in [1.165, 1.54) is 12.8 Å². The second kappa shape index (κ2) is 11.3. The lowest BCUT2D eigenvalue weighted by atomic mass is 10.1. The number of rotatable bonds is 9. The fourth-order valence-electron chi connectivity index (χ4n) is 3.79. The van der Waals surface area contributed by atoms with Gasteiger partial charge in [-0.2, -0.15) is 0 Å². The molecule has 4 rings (SSSR count). The zero-order valence-electron chi connectivity index (χ0n) is 19.3. The third kappa shape index (κ3) is 6.55. The Bertz CT molecular complexity index is 1070. The SMILES string of the molecule is CN(C)CCNC(=O)c1cccc(CSc2nc(-c3ccccc3)cc(N3CCCC3)n2)c1. The summed E-state index contributed by atoms with van der Waals surface area (Å²) in [5.74, 6) is 1.66. The molecule has 3 aromatic rings. The molecule has 0 bridgehead atoms. The van der Waals surface area contributed by atoms with Crippen LogP contribution in [0.2, 0.25) is 0 Å². The van der Waals surface area contributed by atoms with Crippen LogP contribution in [0.3, 0.4) is 0 Å². The van der Waals surface area contributed by atoms with Crippen LogP contribution in [0.4, 0.5) is 5.82 Å². The molecule has 0 unspecified atom stereocenters. The maximum atomic E-state index is 12.5. The first-order valence-corrected chi connectivity index (χ1v) is 12.4. The molecule has 7 heteroatoms. The maximum absolute atomic E-state index is 12.5. The minimum absolute atomic E-state index is 0.0395. The Hall–Kier alpha value is -2.90. The topological polar surface area (TPSA) is 61.4 Å². The smallest absolute Gasteiger partial charge is 0.251 e. The van der Waals surface area contributed by atoms with E-state index < -0.39 is 0 Å². The molecule has 1 aromatic heterocycles. The summed E-state index contributed by atoms with van der Waals surface area (Å²) in [7, 11) is 3.99. The molecule has 6 nitrogen and oxygen atoms in total. The number of thioether (sulfide) groups is 1. The molecule has 2 aromatic carbocycles. The zero-order chi connectivity index (χ0) is 23.0. The maximum Gasteiger partial charge on any atom is 0.251 e. The summed E-state index contributed by atoms with van der Waals surface area (Å²) < 4.78 is 0. The molecule has 0 aliphatic carbocycles. The average Bonchev–Trinajstić information content (AvgIpc) is 3.38. The number of amides is 1. The zero-order valence-corrected chi connectivity index (χ0v) is 20.1. The van der Waals surface area contributed by atoms with Crippen molar-refractivity contribution in [3.05, 3.63) is 71.8 Å². The van der Waals surface area contributed by atoms with Crippen molar-refractivity contribution in [1.82, 2.24) is 20.2 Å². The Morgan fingerprint density at radius 1 is 1.03 bits per heavy atom. The number of hydrogen-bond acceptors (Lipinski definition) is 6. The molecule has 1 amide bonds. The van der Waals surface area contributed by atoms with Gasteiger partial charge in [-0.05, 0) is 44.6 Å². The van der Waals surface area contributed by atoms with E-state index in [-0.39, 0.29) is 5.91 Å². The number of carbonyl (C=O) groups is 1. The molecule has 1 aliphatic rings. The van der Waals surface area contributed by atoms with Gasteiger partial charge in [0.25, 0.3) is 5.91 Å². The lowest BCUT2D eigenvalue weighted by Crippen LogP contribution is -2.31. The van der Waals surface area contributed by atoms with Crippen molar-refractivity contribution in [1.29, 1.82) is 0 Å². The minimum atomic E-state index is -0.0395. The summed E-state index contributed by atoms with van der Waals surface area (Å²) in [4.78, 5) is 26.6. The quantitative estimate of drug-likeness (QED) is 0.378. The van der Waals surface area contributed by atoms with Crippen LogP contribution in [0.5, 0.6) is 0 Å². The van der Waals surface area contributed by atoms with Crippen molar-refractivity contribution >= 4 is 23.5 Å². The highest BCUT2D eigenvalue weighted by atomic mass is 32.2. The van der Waals surface area contributed by atoms with Crippen molar-refractivity contribution in [3.63, 3.8) is 0 Å². The van der Waals surface area contributed by atoms with Crippen LogP contribution >= 0.6 is 11.8 Å². The molecule has 2 heterocycles. The van der Waals surface area contributed by atoms with Gasteiger partial charge in [-0.15, -0.1) is 0 Å². The number of aromatic nitrogens is 2. The molecule has 0 spiro atoms. The van der Waals surface area contributed by atoms with E-state index in [4.69, 9.17) is 9.97 Å². The minimum Gasteiger partial charge on any atom is -0.356 e. The van der Waals surface area contributed by atoms with Gasteiger partial charge in [0.2, 0.25) is 0 Å². The number of hydrogen-bond donors (Lipinski definition) is 1. The van der Waals surface area contributed by atoms with E-state index in [1.54, 1.807) is 11.8 Å². The van der Waals surface area contributed by atoms with Crippen LogP contribution in [0.15, 0.2) is 65.8 Å². The Labute approximate surface area is 200 Å². The summed E-state index contributed by atoms with van der Waals surface area (Å²) in [6, 6.07) is 20.2. The second-order valence-electron chi connectivity index (χ2n) is 8.50. The van der Waals surface area contributed by atoms with Crippen molar-refractivity contribution in [2.45, 2.75) is 23.8 Å². The molecule has 1 fully saturated rings. The van der Waals surface area contributed by atoms with Crippen LogP contribution in [0, 0.1) is 0 Å². The highest BCUT2D eigenvalue weighted by molar-refractivity contribution is 7.98. The van der Waals surface area contributed by atoms with Crippen molar-refractivity contribution < 1.29 is 4.79 Å². The van der Waals surface area contributed by atoms with Gasteiger partial charge in [0.1, 0.15) is 5.82 Å². The van der Waals surface area contributed by atoms with Crippen LogP contribution in [-0.2, 0) is 5.75 Å². The second-order valence-corrected chi connectivity index (χ2v) is 9.44. The number of benzene rings is 2. The fourth-order valence-corrected chi connectivity index (χ4v) is 4.58. The molecular weight excluding hydrogens is 430 g/mol. The number of carbonyl (C=O) groups excluding carboxylic acids is 1. The number of nitrogens with zero attached hydrogens (tertiary/aromatic N) is 4. The molecular formula is C26H31N5OS. The third-order valence-corrected chi connectivity index (χ3v) is 6.51. The summed E-state index contributed by atoms with van der Waals surface area (Å²) in [5.41, 5.74) is 3.81. The van der Waals surface area contributed by atoms with Gasteiger partial charge in [0.15, 0.2) is 5.16 Å². The Morgan fingerprint density at radius 3 is 2.58 bits per heavy atom. The molecule has 1 aliphatic heterocycles. The van der Waals surface area contributed by atoms with Crippen LogP contribution in [-0.4, -0.2) is 61.0 Å².